The van der Waals surface area contributed by atoms with Crippen LogP contribution in [0.15, 0.2) is 16.6 Å². The van der Waals surface area contributed by atoms with Crippen LogP contribution in [0.2, 0.25) is 0 Å². The summed E-state index contributed by atoms with van der Waals surface area (Å²) in [6, 6.07) is -3.02. The van der Waals surface area contributed by atoms with Crippen LogP contribution in [-0.2, 0) is 19.2 Å². The second kappa shape index (κ2) is 9.03. The zero-order chi connectivity index (χ0) is 26.5. The van der Waals surface area contributed by atoms with Crippen molar-refractivity contribution < 1.29 is 32.3 Å². The Hall–Kier alpha value is -2.76. The van der Waals surface area contributed by atoms with Gasteiger partial charge in [0.2, 0.25) is 11.8 Å². The number of nitrogens with two attached hydrogens (primary N) is 1. The fourth-order valence-electron chi connectivity index (χ4n) is 5.09. The molecule has 0 aromatic carbocycles. The van der Waals surface area contributed by atoms with Crippen LogP contribution in [0.1, 0.15) is 41.0 Å². The average molecular weight is 500 g/mol. The van der Waals surface area contributed by atoms with Gasteiger partial charge in [0.05, 0.1) is 0 Å². The molecule has 2 aliphatic heterocycles. The van der Waals surface area contributed by atoms with Gasteiger partial charge in [-0.15, -0.1) is 0 Å². The van der Waals surface area contributed by atoms with Gasteiger partial charge in [-0.2, -0.15) is 13.2 Å². The summed E-state index contributed by atoms with van der Waals surface area (Å²) in [6.45, 7) is 8.78. The lowest BCUT2D eigenvalue weighted by atomic mass is 9.85. The van der Waals surface area contributed by atoms with Crippen LogP contribution in [0.5, 0.6) is 0 Å². The highest BCUT2D eigenvalue weighted by molar-refractivity contribution is 6.07. The summed E-state index contributed by atoms with van der Waals surface area (Å²) < 4.78 is 38.8. The van der Waals surface area contributed by atoms with Crippen LogP contribution in [0.4, 0.5) is 13.2 Å². The summed E-state index contributed by atoms with van der Waals surface area (Å²) in [5.41, 5.74) is 4.92. The number of carbonyl (C=O) groups is 4. The third kappa shape index (κ3) is 5.26. The first-order valence-electron chi connectivity index (χ1n) is 11.5. The Kier molecular flexibility index (Phi) is 6.93. The average Bonchev–Trinajstić information content (AvgIpc) is 3.10. The van der Waals surface area contributed by atoms with Crippen molar-refractivity contribution in [3.05, 3.63) is 11.6 Å². The van der Waals surface area contributed by atoms with E-state index >= 15 is 0 Å². The molecule has 1 saturated heterocycles. The molecule has 0 unspecified atom stereocenters. The molecule has 1 aliphatic carbocycles. The molecule has 9 nitrogen and oxygen atoms in total. The molecule has 12 heteroatoms. The first-order chi connectivity index (χ1) is 16.0. The third-order valence-corrected chi connectivity index (χ3v) is 7.25. The number of hydrogen-bond donors (Lipinski definition) is 3. The zero-order valence-corrected chi connectivity index (χ0v) is 20.4. The third-order valence-electron chi connectivity index (χ3n) is 7.25. The quantitative estimate of drug-likeness (QED) is 0.479. The van der Waals surface area contributed by atoms with Crippen molar-refractivity contribution in [2.24, 2.45) is 33.4 Å². The Labute approximate surface area is 201 Å². The number of hydrogen-bond acceptors (Lipinski definition) is 5. The van der Waals surface area contributed by atoms with Crippen LogP contribution in [-0.4, -0.2) is 72.1 Å². The summed E-state index contributed by atoms with van der Waals surface area (Å²) in [6.07, 6.45) is -2.09. The number of fused-ring (bicyclic) bond motifs is 1. The molecule has 4 amide bonds. The van der Waals surface area contributed by atoms with Gasteiger partial charge in [0.15, 0.2) is 0 Å². The first kappa shape index (κ1) is 26.8. The maximum atomic E-state index is 13.5. The Balaban J connectivity index is 1.81. The number of nitrogens with one attached hydrogen (secondary N) is 2. The van der Waals surface area contributed by atoms with Gasteiger partial charge in [0.1, 0.15) is 12.1 Å². The molecule has 5 atom stereocenters. The molecule has 35 heavy (non-hydrogen) atoms. The number of carbonyl (C=O) groups excluding carboxylic acids is 4. The van der Waals surface area contributed by atoms with Crippen molar-refractivity contribution in [1.29, 1.82) is 0 Å². The fourth-order valence-corrected chi connectivity index (χ4v) is 5.09. The van der Waals surface area contributed by atoms with E-state index in [2.05, 4.69) is 10.3 Å². The normalized spacial score (nSPS) is 26.7. The Bertz CT molecular complexity index is 983. The van der Waals surface area contributed by atoms with E-state index in [9.17, 15) is 32.3 Å². The lowest BCUT2D eigenvalue weighted by molar-refractivity contribution is -0.176. The van der Waals surface area contributed by atoms with Gasteiger partial charge in [-0.05, 0) is 35.2 Å². The molecule has 3 aliphatic rings. The highest BCUT2D eigenvalue weighted by atomic mass is 19.4. The Morgan fingerprint density at radius 1 is 1.23 bits per heavy atom. The molecule has 1 saturated carbocycles. The molecule has 2 fully saturated rings. The van der Waals surface area contributed by atoms with Gasteiger partial charge < -0.3 is 21.3 Å². The summed E-state index contributed by atoms with van der Waals surface area (Å²) in [7, 11) is 0. The van der Waals surface area contributed by atoms with E-state index in [0.29, 0.717) is 5.57 Å². The van der Waals surface area contributed by atoms with Crippen molar-refractivity contribution in [1.82, 2.24) is 15.5 Å². The minimum atomic E-state index is -5.15. The van der Waals surface area contributed by atoms with Crippen LogP contribution >= 0.6 is 0 Å². The van der Waals surface area contributed by atoms with Crippen LogP contribution in [0.25, 0.3) is 0 Å². The molecule has 0 spiro atoms. The van der Waals surface area contributed by atoms with E-state index in [1.807, 2.05) is 19.2 Å². The molecule has 194 valence electrons. The Morgan fingerprint density at radius 2 is 1.86 bits per heavy atom. The summed E-state index contributed by atoms with van der Waals surface area (Å²) in [5.74, 6) is -4.06. The van der Waals surface area contributed by atoms with Crippen molar-refractivity contribution in [2.45, 2.75) is 65.3 Å². The van der Waals surface area contributed by atoms with Crippen molar-refractivity contribution in [2.75, 3.05) is 13.1 Å². The predicted octanol–water partition coefficient (Wildman–Crippen LogP) is 0.934. The van der Waals surface area contributed by atoms with E-state index in [1.165, 1.54) is 11.1 Å². The minimum Gasteiger partial charge on any atom is -0.350 e. The lowest BCUT2D eigenvalue weighted by Gasteiger charge is -2.38. The topological polar surface area (TPSA) is 134 Å². The van der Waals surface area contributed by atoms with Gasteiger partial charge in [-0.1, -0.05) is 34.6 Å². The molecule has 0 radical (unpaired) electrons. The number of alkyl halides is 3. The van der Waals surface area contributed by atoms with Gasteiger partial charge in [-0.25, -0.2) is 4.99 Å². The number of amides is 4. The van der Waals surface area contributed by atoms with E-state index in [4.69, 9.17) is 5.73 Å². The van der Waals surface area contributed by atoms with Crippen molar-refractivity contribution in [3.63, 3.8) is 0 Å². The van der Waals surface area contributed by atoms with E-state index in [0.717, 1.165) is 0 Å². The molecular formula is C23H32F3N5O4. The lowest BCUT2D eigenvalue weighted by Crippen LogP contribution is -2.61. The number of nitrogens with zero attached hydrogens (tertiary/aromatic N) is 2. The highest BCUT2D eigenvalue weighted by Crippen LogP contribution is 2.65. The van der Waals surface area contributed by atoms with Gasteiger partial charge in [-0.3, -0.25) is 19.2 Å². The molecular weight excluding hydrogens is 467 g/mol. The van der Waals surface area contributed by atoms with Crippen LogP contribution in [0.3, 0.4) is 0 Å². The van der Waals surface area contributed by atoms with Crippen LogP contribution in [0, 0.1) is 22.7 Å². The number of piperidine rings is 1. The largest absolute Gasteiger partial charge is 0.471 e. The molecule has 3 rings (SSSR count). The van der Waals surface area contributed by atoms with Gasteiger partial charge >= 0.3 is 12.1 Å². The highest BCUT2D eigenvalue weighted by Gasteiger charge is 2.69. The van der Waals surface area contributed by atoms with Gasteiger partial charge in [0, 0.05) is 30.9 Å². The second-order valence-electron chi connectivity index (χ2n) is 11.1. The molecule has 2 heterocycles. The number of aliphatic imine (C=N–C) groups is 1. The van der Waals surface area contributed by atoms with E-state index < -0.39 is 53.3 Å². The maximum Gasteiger partial charge on any atom is 0.471 e. The zero-order valence-electron chi connectivity index (χ0n) is 20.4. The minimum absolute atomic E-state index is 0.00928. The molecule has 4 N–H and O–H groups in total. The number of allylic oxidation sites excluding steroid dienone is 1. The first-order valence-corrected chi connectivity index (χ1v) is 11.5. The molecule has 0 bridgehead atoms. The van der Waals surface area contributed by atoms with E-state index in [1.54, 1.807) is 26.8 Å². The van der Waals surface area contributed by atoms with Gasteiger partial charge in [0.25, 0.3) is 5.91 Å². The van der Waals surface area contributed by atoms with Crippen molar-refractivity contribution in [3.8, 4) is 0 Å². The Morgan fingerprint density at radius 3 is 2.34 bits per heavy atom. The smallest absolute Gasteiger partial charge is 0.350 e. The summed E-state index contributed by atoms with van der Waals surface area (Å²) in [5, 5.41) is 4.63. The predicted molar refractivity (Wildman–Crippen MR) is 121 cm³/mol. The number of likely N-dealkylation sites (tertiary alicyclic amines) is 1. The standard InChI is InChI=1S/C23H32F3N5O4/c1-21(2,3)16(30-20(35)23(24,25)26)19(34)31-10-13-14(22(13,4)5)15(31)18(33)29-12(9-27)8-11-6-7-28-17(11)32/h6-7,12-16H,8-10,27H2,1-5H3,(H,29,33)(H,30,35)/t12-,13-,14-,15-,16+/m0/s1. The molecule has 0 aromatic rings. The number of halogens is 3. The summed E-state index contributed by atoms with van der Waals surface area (Å²) >= 11 is 0. The second-order valence-corrected chi connectivity index (χ2v) is 11.1. The summed E-state index contributed by atoms with van der Waals surface area (Å²) in [4.78, 5) is 55.3. The monoisotopic (exact) mass is 499 g/mol. The van der Waals surface area contributed by atoms with Crippen LogP contribution < -0.4 is 16.4 Å². The SMILES string of the molecule is CC(C)(C)[C@H](NC(=O)C(F)(F)F)C(=O)N1C[C@H]2[C@@H]([C@H]1C(=O)N[C@H](CN)CC1=CC=NC1=O)C2(C)C. The number of rotatable bonds is 7. The van der Waals surface area contributed by atoms with Crippen molar-refractivity contribution >= 4 is 29.8 Å². The van der Waals surface area contributed by atoms with E-state index in [-0.39, 0.29) is 36.8 Å². The molecule has 0 aromatic heterocycles. The fraction of sp³-hybridized carbons (Fsp3) is 0.696. The maximum absolute atomic E-state index is 13.5.